The van der Waals surface area contributed by atoms with Gasteiger partial charge in [-0.05, 0) is 49.6 Å². The molecule has 112 valence electrons. The van der Waals surface area contributed by atoms with Gasteiger partial charge in [0, 0.05) is 11.3 Å². The molecule has 0 heterocycles. The number of phenols is 1. The van der Waals surface area contributed by atoms with Crippen molar-refractivity contribution in [1.29, 1.82) is 0 Å². The number of rotatable bonds is 5. The molecule has 0 saturated heterocycles. The van der Waals surface area contributed by atoms with Crippen molar-refractivity contribution in [3.8, 4) is 11.5 Å². The fourth-order valence-electron chi connectivity index (χ4n) is 2.61. The van der Waals surface area contributed by atoms with Gasteiger partial charge in [-0.3, -0.25) is 0 Å². The van der Waals surface area contributed by atoms with Crippen LogP contribution in [-0.4, -0.2) is 12.2 Å². The van der Waals surface area contributed by atoms with Crippen LogP contribution < -0.4 is 10.1 Å². The lowest BCUT2D eigenvalue weighted by atomic mass is 10.0. The summed E-state index contributed by atoms with van der Waals surface area (Å²) in [5, 5.41) is 13.0. The standard InChI is InChI=1S/C18H23NO2/c1-5-16(14-7-9-15(20)10-8-14)19-17-11-6-12(2)18(21-4)13(17)3/h6-11,16,19-20H,5H2,1-4H3. The molecule has 2 N–H and O–H groups in total. The maximum absolute atomic E-state index is 9.41. The number of hydrogen-bond donors (Lipinski definition) is 2. The van der Waals surface area contributed by atoms with Crippen LogP contribution >= 0.6 is 0 Å². The molecule has 0 saturated carbocycles. The second-order valence-electron chi connectivity index (χ2n) is 5.28. The van der Waals surface area contributed by atoms with Gasteiger partial charge in [-0.25, -0.2) is 0 Å². The Balaban J connectivity index is 2.29. The van der Waals surface area contributed by atoms with Crippen molar-refractivity contribution in [2.45, 2.75) is 33.2 Å². The number of aromatic hydroxyl groups is 1. The molecule has 1 atom stereocenters. The molecule has 3 nitrogen and oxygen atoms in total. The van der Waals surface area contributed by atoms with E-state index < -0.39 is 0 Å². The molecule has 1 unspecified atom stereocenters. The van der Waals surface area contributed by atoms with Crippen LogP contribution in [0.25, 0.3) is 0 Å². The molecule has 0 aromatic heterocycles. The smallest absolute Gasteiger partial charge is 0.126 e. The molecule has 2 aromatic rings. The van der Waals surface area contributed by atoms with Crippen LogP contribution in [0.4, 0.5) is 5.69 Å². The number of phenolic OH excluding ortho intramolecular Hbond substituents is 1. The van der Waals surface area contributed by atoms with Gasteiger partial charge < -0.3 is 15.2 Å². The first-order chi connectivity index (χ1) is 10.1. The van der Waals surface area contributed by atoms with Crippen LogP contribution in [0, 0.1) is 13.8 Å². The highest BCUT2D eigenvalue weighted by Crippen LogP contribution is 2.32. The summed E-state index contributed by atoms with van der Waals surface area (Å²) in [5.41, 5.74) is 4.50. The molecule has 2 rings (SSSR count). The number of aryl methyl sites for hydroxylation is 1. The molecule has 0 aliphatic heterocycles. The van der Waals surface area contributed by atoms with E-state index >= 15 is 0 Å². The summed E-state index contributed by atoms with van der Waals surface area (Å²) in [6, 6.07) is 11.7. The summed E-state index contributed by atoms with van der Waals surface area (Å²) in [4.78, 5) is 0. The van der Waals surface area contributed by atoms with Gasteiger partial charge in [0.1, 0.15) is 11.5 Å². The number of ether oxygens (including phenoxy) is 1. The van der Waals surface area contributed by atoms with E-state index in [4.69, 9.17) is 4.74 Å². The highest BCUT2D eigenvalue weighted by atomic mass is 16.5. The van der Waals surface area contributed by atoms with Crippen LogP contribution in [0.3, 0.4) is 0 Å². The molecular weight excluding hydrogens is 262 g/mol. The Kier molecular flexibility index (Phi) is 4.73. The molecule has 0 aliphatic rings. The summed E-state index contributed by atoms with van der Waals surface area (Å²) in [5.74, 6) is 1.22. The molecule has 0 aliphatic carbocycles. The third-order valence-electron chi connectivity index (χ3n) is 3.84. The number of nitrogens with one attached hydrogen (secondary N) is 1. The first-order valence-corrected chi connectivity index (χ1v) is 7.26. The van der Waals surface area contributed by atoms with Crippen LogP contribution in [0.1, 0.15) is 36.1 Å². The fraction of sp³-hybridized carbons (Fsp3) is 0.333. The summed E-state index contributed by atoms with van der Waals surface area (Å²) < 4.78 is 5.48. The van der Waals surface area contributed by atoms with Gasteiger partial charge in [0.2, 0.25) is 0 Å². The highest BCUT2D eigenvalue weighted by molar-refractivity contribution is 5.60. The summed E-state index contributed by atoms with van der Waals surface area (Å²) in [6.07, 6.45) is 0.959. The third kappa shape index (κ3) is 3.30. The monoisotopic (exact) mass is 285 g/mol. The molecule has 0 radical (unpaired) electrons. The van der Waals surface area contributed by atoms with E-state index in [0.717, 1.165) is 34.5 Å². The van der Waals surface area contributed by atoms with Gasteiger partial charge in [-0.2, -0.15) is 0 Å². The van der Waals surface area contributed by atoms with Crippen molar-refractivity contribution in [3.05, 3.63) is 53.1 Å². The second kappa shape index (κ2) is 6.53. The summed E-state index contributed by atoms with van der Waals surface area (Å²) in [7, 11) is 1.70. The van der Waals surface area contributed by atoms with E-state index in [0.29, 0.717) is 5.75 Å². The molecule has 0 amide bonds. The average Bonchev–Trinajstić information content (AvgIpc) is 2.48. The largest absolute Gasteiger partial charge is 0.508 e. The first kappa shape index (κ1) is 15.2. The minimum atomic E-state index is 0.205. The normalized spacial score (nSPS) is 12.0. The molecule has 0 spiro atoms. The van der Waals surface area contributed by atoms with Gasteiger partial charge in [-0.15, -0.1) is 0 Å². The lowest BCUT2D eigenvalue weighted by molar-refractivity contribution is 0.409. The fourth-order valence-corrected chi connectivity index (χ4v) is 2.61. The Bertz CT molecular complexity index is 605. The van der Waals surface area contributed by atoms with E-state index in [1.165, 1.54) is 0 Å². The predicted octanol–water partition coefficient (Wildman–Crippen LogP) is 4.58. The molecule has 2 aromatic carbocycles. The number of anilines is 1. The van der Waals surface area contributed by atoms with Gasteiger partial charge in [0.15, 0.2) is 0 Å². The zero-order chi connectivity index (χ0) is 15.4. The Morgan fingerprint density at radius 2 is 1.76 bits per heavy atom. The number of methoxy groups -OCH3 is 1. The lowest BCUT2D eigenvalue weighted by Crippen LogP contribution is -2.11. The predicted molar refractivity (Wildman–Crippen MR) is 87.2 cm³/mol. The van der Waals surface area contributed by atoms with E-state index in [1.807, 2.05) is 19.1 Å². The van der Waals surface area contributed by atoms with Gasteiger partial charge in [0.25, 0.3) is 0 Å². The Morgan fingerprint density at radius 1 is 1.10 bits per heavy atom. The number of hydrogen-bond acceptors (Lipinski definition) is 3. The van der Waals surface area contributed by atoms with Gasteiger partial charge in [0.05, 0.1) is 13.2 Å². The number of benzene rings is 2. The second-order valence-corrected chi connectivity index (χ2v) is 5.28. The average molecular weight is 285 g/mol. The Hall–Kier alpha value is -2.16. The maximum atomic E-state index is 9.41. The van der Waals surface area contributed by atoms with E-state index in [1.54, 1.807) is 19.2 Å². The third-order valence-corrected chi connectivity index (χ3v) is 3.84. The highest BCUT2D eigenvalue weighted by Gasteiger charge is 2.13. The van der Waals surface area contributed by atoms with Gasteiger partial charge in [-0.1, -0.05) is 25.1 Å². The molecular formula is C18H23NO2. The van der Waals surface area contributed by atoms with Crippen LogP contribution in [0.5, 0.6) is 11.5 Å². The topological polar surface area (TPSA) is 41.5 Å². The maximum Gasteiger partial charge on any atom is 0.126 e. The summed E-state index contributed by atoms with van der Waals surface area (Å²) >= 11 is 0. The van der Waals surface area contributed by atoms with Crippen molar-refractivity contribution < 1.29 is 9.84 Å². The first-order valence-electron chi connectivity index (χ1n) is 7.26. The molecule has 0 fully saturated rings. The van der Waals surface area contributed by atoms with Crippen molar-refractivity contribution in [1.82, 2.24) is 0 Å². The minimum absolute atomic E-state index is 0.205. The lowest BCUT2D eigenvalue weighted by Gasteiger charge is -2.22. The minimum Gasteiger partial charge on any atom is -0.508 e. The zero-order valence-corrected chi connectivity index (χ0v) is 13.1. The van der Waals surface area contributed by atoms with Crippen LogP contribution in [-0.2, 0) is 0 Å². The summed E-state index contributed by atoms with van der Waals surface area (Å²) in [6.45, 7) is 6.26. The van der Waals surface area contributed by atoms with E-state index in [2.05, 4.69) is 31.3 Å². The SMILES string of the molecule is CCC(Nc1ccc(C)c(OC)c1C)c1ccc(O)cc1. The van der Waals surface area contributed by atoms with E-state index in [-0.39, 0.29) is 6.04 Å². The van der Waals surface area contributed by atoms with Crippen molar-refractivity contribution in [2.75, 3.05) is 12.4 Å². The molecule has 21 heavy (non-hydrogen) atoms. The van der Waals surface area contributed by atoms with Crippen molar-refractivity contribution >= 4 is 5.69 Å². The molecule has 3 heteroatoms. The van der Waals surface area contributed by atoms with Gasteiger partial charge >= 0.3 is 0 Å². The quantitative estimate of drug-likeness (QED) is 0.844. The Labute approximate surface area is 126 Å². The zero-order valence-electron chi connectivity index (χ0n) is 13.1. The van der Waals surface area contributed by atoms with E-state index in [9.17, 15) is 5.11 Å². The Morgan fingerprint density at radius 3 is 2.33 bits per heavy atom. The molecule has 0 bridgehead atoms. The van der Waals surface area contributed by atoms with Crippen LogP contribution in [0.2, 0.25) is 0 Å². The van der Waals surface area contributed by atoms with Crippen molar-refractivity contribution in [3.63, 3.8) is 0 Å². The van der Waals surface area contributed by atoms with Crippen LogP contribution in [0.15, 0.2) is 36.4 Å². The van der Waals surface area contributed by atoms with Crippen molar-refractivity contribution in [2.24, 2.45) is 0 Å².